The van der Waals surface area contributed by atoms with Crippen LogP contribution >= 0.6 is 0 Å². The molecule has 2 rings (SSSR count). The van der Waals surface area contributed by atoms with Crippen LogP contribution in [0, 0.1) is 0 Å². The van der Waals surface area contributed by atoms with Gasteiger partial charge in [0.2, 0.25) is 11.9 Å². The largest absolute Gasteiger partial charge is 0.378 e. The third kappa shape index (κ3) is 7.99. The average molecular weight is 350 g/mol. The molecule has 0 bridgehead atoms. The van der Waals surface area contributed by atoms with Gasteiger partial charge in [0.1, 0.15) is 5.82 Å². The zero-order chi connectivity index (χ0) is 17.7. The number of unbranched alkanes of at least 4 members (excludes halogenated alkanes) is 9. The minimum atomic E-state index is 0.332. The third-order valence-electron chi connectivity index (χ3n) is 4.74. The van der Waals surface area contributed by atoms with E-state index in [2.05, 4.69) is 26.8 Å². The van der Waals surface area contributed by atoms with Gasteiger partial charge in [-0.2, -0.15) is 15.0 Å². The van der Waals surface area contributed by atoms with Crippen LogP contribution in [0.2, 0.25) is 0 Å². The van der Waals surface area contributed by atoms with Gasteiger partial charge in [-0.15, -0.1) is 0 Å². The lowest BCUT2D eigenvalue weighted by atomic mass is 10.1. The van der Waals surface area contributed by atoms with Gasteiger partial charge in [-0.05, 0) is 6.42 Å². The van der Waals surface area contributed by atoms with Crippen molar-refractivity contribution < 1.29 is 4.74 Å². The van der Waals surface area contributed by atoms with Gasteiger partial charge in [0.15, 0.2) is 0 Å². The first-order valence-corrected chi connectivity index (χ1v) is 10.1. The molecular formula is C19H35N5O. The van der Waals surface area contributed by atoms with Crippen molar-refractivity contribution in [3.8, 4) is 0 Å². The normalized spacial score (nSPS) is 14.8. The van der Waals surface area contributed by atoms with E-state index in [9.17, 15) is 0 Å². The Balaban J connectivity index is 1.61. The maximum atomic E-state index is 5.87. The lowest BCUT2D eigenvalue weighted by molar-refractivity contribution is 0.122. The molecule has 0 aromatic carbocycles. The SMILES string of the molecule is CCCCCCCCCCCCc1nc(N)nc(N2CCOCC2)n1. The first-order valence-electron chi connectivity index (χ1n) is 10.1. The summed E-state index contributed by atoms with van der Waals surface area (Å²) in [5.74, 6) is 1.87. The first-order chi connectivity index (χ1) is 12.3. The van der Waals surface area contributed by atoms with Crippen molar-refractivity contribution in [2.24, 2.45) is 0 Å². The lowest BCUT2D eigenvalue weighted by Gasteiger charge is -2.26. The standard InChI is InChI=1S/C19H35N5O/c1-2-3-4-5-6-7-8-9-10-11-12-17-21-18(20)23-19(22-17)24-13-15-25-16-14-24/h2-16H2,1H3,(H2,20,21,22,23). The molecule has 6 heteroatoms. The van der Waals surface area contributed by atoms with Crippen LogP contribution in [0.5, 0.6) is 0 Å². The highest BCUT2D eigenvalue weighted by Gasteiger charge is 2.15. The molecule has 1 fully saturated rings. The van der Waals surface area contributed by atoms with Gasteiger partial charge < -0.3 is 15.4 Å². The van der Waals surface area contributed by atoms with E-state index < -0.39 is 0 Å². The number of hydrogen-bond donors (Lipinski definition) is 1. The zero-order valence-electron chi connectivity index (χ0n) is 15.9. The van der Waals surface area contributed by atoms with E-state index in [1.807, 2.05) is 0 Å². The minimum Gasteiger partial charge on any atom is -0.378 e. The van der Waals surface area contributed by atoms with E-state index in [4.69, 9.17) is 10.5 Å². The average Bonchev–Trinajstić information content (AvgIpc) is 2.63. The van der Waals surface area contributed by atoms with Gasteiger partial charge in [0, 0.05) is 19.5 Å². The van der Waals surface area contributed by atoms with E-state index >= 15 is 0 Å². The van der Waals surface area contributed by atoms with Crippen molar-refractivity contribution in [2.45, 2.75) is 77.6 Å². The second-order valence-corrected chi connectivity index (χ2v) is 6.94. The molecule has 0 atom stereocenters. The summed E-state index contributed by atoms with van der Waals surface area (Å²) in [5.41, 5.74) is 5.87. The molecule has 6 nitrogen and oxygen atoms in total. The number of nitrogens with two attached hydrogens (primary N) is 1. The highest BCUT2D eigenvalue weighted by Crippen LogP contribution is 2.14. The van der Waals surface area contributed by atoms with E-state index in [-0.39, 0.29) is 0 Å². The van der Waals surface area contributed by atoms with Gasteiger partial charge >= 0.3 is 0 Å². The van der Waals surface area contributed by atoms with Crippen molar-refractivity contribution >= 4 is 11.9 Å². The predicted molar refractivity (Wildman–Crippen MR) is 103 cm³/mol. The quantitative estimate of drug-likeness (QED) is 0.579. The maximum Gasteiger partial charge on any atom is 0.230 e. The van der Waals surface area contributed by atoms with Crippen LogP contribution in [0.1, 0.15) is 77.0 Å². The Morgan fingerprint density at radius 1 is 0.840 bits per heavy atom. The number of nitrogen functional groups attached to an aromatic ring is 1. The van der Waals surface area contributed by atoms with Crippen LogP contribution in [-0.2, 0) is 11.2 Å². The predicted octanol–water partition coefficient (Wildman–Crippen LogP) is 3.75. The molecule has 25 heavy (non-hydrogen) atoms. The Labute approximate surface area is 152 Å². The molecule has 1 aliphatic heterocycles. The van der Waals surface area contributed by atoms with Crippen LogP contribution < -0.4 is 10.6 Å². The summed E-state index contributed by atoms with van der Waals surface area (Å²) < 4.78 is 5.38. The molecule has 1 saturated heterocycles. The molecule has 2 heterocycles. The zero-order valence-corrected chi connectivity index (χ0v) is 15.9. The summed E-state index contributed by atoms with van der Waals surface area (Å²) >= 11 is 0. The summed E-state index contributed by atoms with van der Waals surface area (Å²) in [6.07, 6.45) is 14.2. The Kier molecular flexibility index (Phi) is 9.55. The molecular weight excluding hydrogens is 314 g/mol. The van der Waals surface area contributed by atoms with Crippen molar-refractivity contribution in [3.63, 3.8) is 0 Å². The van der Waals surface area contributed by atoms with Crippen molar-refractivity contribution in [1.29, 1.82) is 0 Å². The topological polar surface area (TPSA) is 77.2 Å². The number of hydrogen-bond acceptors (Lipinski definition) is 6. The Bertz CT molecular complexity index is 477. The monoisotopic (exact) mass is 349 g/mol. The van der Waals surface area contributed by atoms with Crippen molar-refractivity contribution in [1.82, 2.24) is 15.0 Å². The summed E-state index contributed by atoms with van der Waals surface area (Å²) in [7, 11) is 0. The number of ether oxygens (including phenoxy) is 1. The third-order valence-corrected chi connectivity index (χ3v) is 4.74. The van der Waals surface area contributed by atoms with Gasteiger partial charge in [0.25, 0.3) is 0 Å². The Morgan fingerprint density at radius 3 is 2.08 bits per heavy atom. The molecule has 142 valence electrons. The molecule has 0 saturated carbocycles. The summed E-state index contributed by atoms with van der Waals surface area (Å²) in [6.45, 7) is 5.35. The fourth-order valence-corrected chi connectivity index (χ4v) is 3.21. The molecule has 1 aromatic rings. The van der Waals surface area contributed by atoms with Crippen molar-refractivity contribution in [3.05, 3.63) is 5.82 Å². The van der Waals surface area contributed by atoms with E-state index in [0.29, 0.717) is 11.9 Å². The van der Waals surface area contributed by atoms with Gasteiger partial charge in [-0.25, -0.2) is 0 Å². The van der Waals surface area contributed by atoms with Crippen LogP contribution in [0.3, 0.4) is 0 Å². The molecule has 1 aromatic heterocycles. The Hall–Kier alpha value is -1.43. The van der Waals surface area contributed by atoms with Gasteiger partial charge in [-0.1, -0.05) is 64.7 Å². The van der Waals surface area contributed by atoms with Crippen LogP contribution in [0.4, 0.5) is 11.9 Å². The van der Waals surface area contributed by atoms with Crippen molar-refractivity contribution in [2.75, 3.05) is 36.9 Å². The number of aryl methyl sites for hydroxylation is 1. The highest BCUT2D eigenvalue weighted by molar-refractivity contribution is 5.35. The molecule has 1 aliphatic rings. The first kappa shape index (κ1) is 19.9. The molecule has 0 unspecified atom stereocenters. The molecule has 0 amide bonds. The summed E-state index contributed by atoms with van der Waals surface area (Å²) in [6, 6.07) is 0. The minimum absolute atomic E-state index is 0.332. The van der Waals surface area contributed by atoms with Crippen LogP contribution in [0.25, 0.3) is 0 Å². The number of morpholine rings is 1. The van der Waals surface area contributed by atoms with Gasteiger partial charge in [0.05, 0.1) is 13.2 Å². The number of aromatic nitrogens is 3. The second kappa shape index (κ2) is 12.0. The molecule has 2 N–H and O–H groups in total. The van der Waals surface area contributed by atoms with E-state index in [1.165, 1.54) is 57.8 Å². The fraction of sp³-hybridized carbons (Fsp3) is 0.842. The Morgan fingerprint density at radius 2 is 1.44 bits per heavy atom. The number of nitrogens with zero attached hydrogens (tertiary/aromatic N) is 4. The fourth-order valence-electron chi connectivity index (χ4n) is 3.21. The van der Waals surface area contributed by atoms with Gasteiger partial charge in [-0.3, -0.25) is 0 Å². The van der Waals surface area contributed by atoms with E-state index in [0.717, 1.165) is 45.0 Å². The molecule has 0 aliphatic carbocycles. The molecule has 0 radical (unpaired) electrons. The van der Waals surface area contributed by atoms with E-state index in [1.54, 1.807) is 0 Å². The lowest BCUT2D eigenvalue weighted by Crippen LogP contribution is -2.37. The summed E-state index contributed by atoms with van der Waals surface area (Å²) in [4.78, 5) is 15.3. The second-order valence-electron chi connectivity index (χ2n) is 6.94. The maximum absolute atomic E-state index is 5.87. The highest BCUT2D eigenvalue weighted by atomic mass is 16.5. The molecule has 0 spiro atoms. The smallest absolute Gasteiger partial charge is 0.230 e. The van der Waals surface area contributed by atoms with Crippen LogP contribution in [0.15, 0.2) is 0 Å². The number of anilines is 2. The summed E-state index contributed by atoms with van der Waals surface area (Å²) in [5, 5.41) is 0. The van der Waals surface area contributed by atoms with Crippen LogP contribution in [-0.4, -0.2) is 41.3 Å². The number of rotatable bonds is 12.